The summed E-state index contributed by atoms with van der Waals surface area (Å²) in [6.45, 7) is 5.44. The fourth-order valence-corrected chi connectivity index (χ4v) is 2.10. The molecule has 2 rings (SSSR count). The van der Waals surface area contributed by atoms with Crippen LogP contribution in [0.25, 0.3) is 10.7 Å². The van der Waals surface area contributed by atoms with Crippen LogP contribution in [0.5, 0.6) is 0 Å². The highest BCUT2D eigenvalue weighted by Gasteiger charge is 2.17. The van der Waals surface area contributed by atoms with Crippen LogP contribution < -0.4 is 5.32 Å². The average Bonchev–Trinajstić information content (AvgIpc) is 2.83. The van der Waals surface area contributed by atoms with Crippen LogP contribution in [-0.2, 0) is 11.8 Å². The number of ether oxygens (including phenoxy) is 1. The van der Waals surface area contributed by atoms with Gasteiger partial charge in [-0.15, -0.1) is 11.3 Å². The number of rotatable bonds is 2. The maximum Gasteiger partial charge on any atom is 0.413 e. The van der Waals surface area contributed by atoms with E-state index >= 15 is 0 Å². The Hall–Kier alpha value is -1.89. The molecule has 0 radical (unpaired) electrons. The molecule has 1 amide bonds. The minimum Gasteiger partial charge on any atom is -0.444 e. The quantitative estimate of drug-likeness (QED) is 0.918. The molecular formula is C12H16N4O2S. The van der Waals surface area contributed by atoms with E-state index in [-0.39, 0.29) is 0 Å². The molecule has 0 aliphatic carbocycles. The van der Waals surface area contributed by atoms with Gasteiger partial charge in [-0.3, -0.25) is 10.00 Å². The average molecular weight is 280 g/mol. The highest BCUT2D eigenvalue weighted by Crippen LogP contribution is 2.24. The Balaban J connectivity index is 2.04. The zero-order valence-electron chi connectivity index (χ0n) is 11.3. The number of amides is 1. The summed E-state index contributed by atoms with van der Waals surface area (Å²) in [4.78, 5) is 15.9. The van der Waals surface area contributed by atoms with Crippen LogP contribution >= 0.6 is 11.3 Å². The van der Waals surface area contributed by atoms with Crippen LogP contribution in [0.4, 0.5) is 10.6 Å². The number of carbonyl (C=O) groups is 1. The van der Waals surface area contributed by atoms with Crippen LogP contribution in [0.15, 0.2) is 17.6 Å². The molecule has 2 aromatic rings. The number of carbonyl (C=O) groups excluding carboxylic acids is 1. The van der Waals surface area contributed by atoms with Crippen molar-refractivity contribution in [1.29, 1.82) is 0 Å². The van der Waals surface area contributed by atoms with Crippen LogP contribution in [0.2, 0.25) is 0 Å². The number of anilines is 1. The molecule has 0 bridgehead atoms. The molecule has 0 saturated carbocycles. The summed E-state index contributed by atoms with van der Waals surface area (Å²) in [6.07, 6.45) is 1.34. The predicted octanol–water partition coefficient (Wildman–Crippen LogP) is 2.89. The molecule has 2 heterocycles. The van der Waals surface area contributed by atoms with Crippen LogP contribution in [0.3, 0.4) is 0 Å². The van der Waals surface area contributed by atoms with Crippen molar-refractivity contribution in [2.45, 2.75) is 26.4 Å². The Morgan fingerprint density at radius 2 is 2.21 bits per heavy atom. The number of hydrogen-bond acceptors (Lipinski definition) is 5. The summed E-state index contributed by atoms with van der Waals surface area (Å²) in [6, 6.07) is 1.87. The Labute approximate surface area is 115 Å². The third kappa shape index (κ3) is 3.78. The van der Waals surface area contributed by atoms with Crippen molar-refractivity contribution in [3.63, 3.8) is 0 Å². The lowest BCUT2D eigenvalue weighted by atomic mass is 10.2. The zero-order chi connectivity index (χ0) is 14.0. The van der Waals surface area contributed by atoms with Crippen molar-refractivity contribution < 1.29 is 9.53 Å². The normalized spacial score (nSPS) is 11.4. The Bertz CT molecular complexity index is 583. The second-order valence-electron chi connectivity index (χ2n) is 5.04. The minimum absolute atomic E-state index is 0.472. The molecule has 1 N–H and O–H groups in total. The topological polar surface area (TPSA) is 69.0 Å². The van der Waals surface area contributed by atoms with E-state index in [0.29, 0.717) is 5.82 Å². The molecule has 2 aromatic heterocycles. The summed E-state index contributed by atoms with van der Waals surface area (Å²) >= 11 is 1.42. The first kappa shape index (κ1) is 13.5. The third-order valence-corrected chi connectivity index (χ3v) is 2.93. The molecule has 0 aliphatic heterocycles. The van der Waals surface area contributed by atoms with E-state index in [9.17, 15) is 4.79 Å². The van der Waals surface area contributed by atoms with Crippen LogP contribution in [-0.4, -0.2) is 26.5 Å². The maximum absolute atomic E-state index is 11.6. The third-order valence-electron chi connectivity index (χ3n) is 2.07. The molecular weight excluding hydrogens is 264 g/mol. The molecule has 19 heavy (non-hydrogen) atoms. The maximum atomic E-state index is 11.6. The lowest BCUT2D eigenvalue weighted by molar-refractivity contribution is 0.0635. The Morgan fingerprint density at radius 1 is 1.47 bits per heavy atom. The number of thiazole rings is 1. The van der Waals surface area contributed by atoms with Gasteiger partial charge in [-0.05, 0) is 26.8 Å². The molecule has 102 valence electrons. The molecule has 0 fully saturated rings. The van der Waals surface area contributed by atoms with E-state index in [1.54, 1.807) is 10.1 Å². The number of nitrogens with zero attached hydrogens (tertiary/aromatic N) is 3. The van der Waals surface area contributed by atoms with E-state index in [4.69, 9.17) is 4.74 Å². The van der Waals surface area contributed by atoms with Crippen molar-refractivity contribution >= 4 is 23.2 Å². The van der Waals surface area contributed by atoms with Gasteiger partial charge in [0, 0.05) is 18.6 Å². The highest BCUT2D eigenvalue weighted by atomic mass is 32.1. The minimum atomic E-state index is -0.524. The first-order valence-electron chi connectivity index (χ1n) is 5.79. The Morgan fingerprint density at radius 3 is 2.79 bits per heavy atom. The number of aryl methyl sites for hydroxylation is 1. The van der Waals surface area contributed by atoms with Gasteiger partial charge in [0.2, 0.25) is 0 Å². The van der Waals surface area contributed by atoms with Crippen molar-refractivity contribution in [1.82, 2.24) is 14.8 Å². The smallest absolute Gasteiger partial charge is 0.413 e. The first-order chi connectivity index (χ1) is 8.83. The van der Waals surface area contributed by atoms with Gasteiger partial charge in [0.15, 0.2) is 0 Å². The van der Waals surface area contributed by atoms with Crippen LogP contribution in [0, 0.1) is 0 Å². The van der Waals surface area contributed by atoms with Gasteiger partial charge >= 0.3 is 6.09 Å². The molecule has 0 atom stereocenters. The molecule has 0 unspecified atom stereocenters. The summed E-state index contributed by atoms with van der Waals surface area (Å²) in [5.41, 5.74) is 0.258. The van der Waals surface area contributed by atoms with E-state index in [1.807, 2.05) is 40.1 Å². The number of hydrogen-bond donors (Lipinski definition) is 1. The van der Waals surface area contributed by atoms with E-state index in [0.717, 1.165) is 10.7 Å². The van der Waals surface area contributed by atoms with Gasteiger partial charge in [-0.2, -0.15) is 5.10 Å². The second-order valence-corrected chi connectivity index (χ2v) is 5.90. The molecule has 0 saturated heterocycles. The van der Waals surface area contributed by atoms with Gasteiger partial charge in [0.05, 0.1) is 0 Å². The molecule has 0 spiro atoms. The molecule has 0 aromatic carbocycles. The fourth-order valence-electron chi connectivity index (χ4n) is 1.39. The van der Waals surface area contributed by atoms with Gasteiger partial charge in [-0.25, -0.2) is 9.78 Å². The van der Waals surface area contributed by atoms with Crippen molar-refractivity contribution in [2.75, 3.05) is 5.32 Å². The van der Waals surface area contributed by atoms with Crippen molar-refractivity contribution in [3.05, 3.63) is 17.6 Å². The monoisotopic (exact) mass is 280 g/mol. The number of aromatic nitrogens is 3. The Kier molecular flexibility index (Phi) is 3.57. The number of nitrogens with one attached hydrogen (secondary N) is 1. The van der Waals surface area contributed by atoms with Gasteiger partial charge in [-0.1, -0.05) is 0 Å². The largest absolute Gasteiger partial charge is 0.444 e. The van der Waals surface area contributed by atoms with Crippen LogP contribution in [0.1, 0.15) is 20.8 Å². The van der Waals surface area contributed by atoms with Crippen molar-refractivity contribution in [3.8, 4) is 10.7 Å². The van der Waals surface area contributed by atoms with Gasteiger partial charge in [0.1, 0.15) is 22.1 Å². The van der Waals surface area contributed by atoms with Crippen molar-refractivity contribution in [2.24, 2.45) is 7.05 Å². The highest BCUT2D eigenvalue weighted by molar-refractivity contribution is 7.13. The van der Waals surface area contributed by atoms with E-state index < -0.39 is 11.7 Å². The molecule has 6 nitrogen and oxygen atoms in total. The standard InChI is InChI=1S/C12H16N4O2S/c1-12(2,3)18-11(17)14-9-7-19-10(13-9)8-5-6-16(4)15-8/h5-7H,1-4H3,(H,14,17). The molecule has 0 aliphatic rings. The SMILES string of the molecule is Cn1ccc(-c2nc(NC(=O)OC(C)(C)C)cs2)n1. The van der Waals surface area contributed by atoms with E-state index in [2.05, 4.69) is 15.4 Å². The summed E-state index contributed by atoms with van der Waals surface area (Å²) in [7, 11) is 1.84. The summed E-state index contributed by atoms with van der Waals surface area (Å²) < 4.78 is 6.86. The first-order valence-corrected chi connectivity index (χ1v) is 6.67. The summed E-state index contributed by atoms with van der Waals surface area (Å²) in [5.74, 6) is 0.472. The zero-order valence-corrected chi connectivity index (χ0v) is 12.1. The van der Waals surface area contributed by atoms with Gasteiger partial charge in [0.25, 0.3) is 0 Å². The van der Waals surface area contributed by atoms with Gasteiger partial charge < -0.3 is 4.74 Å². The fraction of sp³-hybridized carbons (Fsp3) is 0.417. The second kappa shape index (κ2) is 5.00. The predicted molar refractivity (Wildman–Crippen MR) is 74.2 cm³/mol. The summed E-state index contributed by atoms with van der Waals surface area (Å²) in [5, 5.41) is 9.37. The van der Waals surface area contributed by atoms with E-state index in [1.165, 1.54) is 11.3 Å². The lowest BCUT2D eigenvalue weighted by Crippen LogP contribution is -2.27. The molecule has 7 heteroatoms. The lowest BCUT2D eigenvalue weighted by Gasteiger charge is -2.19.